The fraction of sp³-hybridized carbons (Fsp3) is 0.688. The summed E-state index contributed by atoms with van der Waals surface area (Å²) in [4.78, 5) is 4.36. The van der Waals surface area contributed by atoms with Gasteiger partial charge in [0.05, 0.1) is 12.3 Å². The summed E-state index contributed by atoms with van der Waals surface area (Å²) in [6, 6.07) is 3.96. The summed E-state index contributed by atoms with van der Waals surface area (Å²) in [6.07, 6.45) is 4.24. The zero-order chi connectivity index (χ0) is 14.3. The number of ether oxygens (including phenoxy) is 1. The van der Waals surface area contributed by atoms with Crippen LogP contribution in [0.15, 0.2) is 18.3 Å². The molecule has 0 aliphatic heterocycles. The van der Waals surface area contributed by atoms with Gasteiger partial charge in [0.25, 0.3) is 0 Å². The number of nitrogens with zero attached hydrogens (tertiary/aromatic N) is 1. The van der Waals surface area contributed by atoms with E-state index in [4.69, 9.17) is 4.74 Å². The zero-order valence-electron chi connectivity index (χ0n) is 13.0. The molecule has 0 saturated heterocycles. The third-order valence-corrected chi connectivity index (χ3v) is 2.90. The van der Waals surface area contributed by atoms with Crippen molar-refractivity contribution in [2.24, 2.45) is 5.92 Å². The van der Waals surface area contributed by atoms with Gasteiger partial charge in [-0.15, -0.1) is 0 Å². The van der Waals surface area contributed by atoms with Crippen molar-refractivity contribution in [1.82, 2.24) is 10.3 Å². The van der Waals surface area contributed by atoms with Crippen molar-refractivity contribution >= 4 is 0 Å². The molecular weight excluding hydrogens is 236 g/mol. The lowest BCUT2D eigenvalue weighted by atomic mass is 10.1. The van der Waals surface area contributed by atoms with E-state index in [-0.39, 0.29) is 5.54 Å². The third-order valence-electron chi connectivity index (χ3n) is 2.90. The summed E-state index contributed by atoms with van der Waals surface area (Å²) < 4.78 is 5.83. The molecule has 0 bridgehead atoms. The van der Waals surface area contributed by atoms with Crippen LogP contribution in [0.4, 0.5) is 0 Å². The number of aromatic nitrogens is 1. The van der Waals surface area contributed by atoms with Crippen LogP contribution in [-0.2, 0) is 6.54 Å². The molecule has 0 aromatic carbocycles. The molecule has 3 heteroatoms. The molecule has 1 heterocycles. The Labute approximate surface area is 117 Å². The molecule has 1 aromatic rings. The first-order valence-corrected chi connectivity index (χ1v) is 7.23. The van der Waals surface area contributed by atoms with Gasteiger partial charge in [-0.05, 0) is 39.2 Å². The maximum atomic E-state index is 5.83. The predicted octanol–water partition coefficient (Wildman–Crippen LogP) is 3.78. The van der Waals surface area contributed by atoms with Crippen LogP contribution in [0.1, 0.15) is 53.2 Å². The monoisotopic (exact) mass is 264 g/mol. The molecular formula is C16H28N2O. The van der Waals surface area contributed by atoms with Gasteiger partial charge in [-0.1, -0.05) is 20.3 Å². The fourth-order valence-electron chi connectivity index (χ4n) is 1.81. The van der Waals surface area contributed by atoms with Gasteiger partial charge >= 0.3 is 0 Å². The SMILES string of the molecule is CCCC(C)COc1ccnc(CNC(C)(C)C)c1. The zero-order valence-corrected chi connectivity index (χ0v) is 13.0. The summed E-state index contributed by atoms with van der Waals surface area (Å²) in [5.41, 5.74) is 1.13. The Kier molecular flexibility index (Phi) is 6.29. The second-order valence-corrected chi connectivity index (χ2v) is 6.29. The van der Waals surface area contributed by atoms with Crippen molar-refractivity contribution in [2.45, 2.75) is 59.5 Å². The standard InChI is InChI=1S/C16H28N2O/c1-6-7-13(2)12-19-15-8-9-17-14(10-15)11-18-16(3,4)5/h8-10,13,18H,6-7,11-12H2,1-5H3. The molecule has 3 nitrogen and oxygen atoms in total. The van der Waals surface area contributed by atoms with E-state index in [2.05, 4.69) is 44.9 Å². The topological polar surface area (TPSA) is 34.1 Å². The Bertz CT molecular complexity index is 371. The van der Waals surface area contributed by atoms with Gasteiger partial charge in [0.15, 0.2) is 0 Å². The van der Waals surface area contributed by atoms with Gasteiger partial charge < -0.3 is 10.1 Å². The Hall–Kier alpha value is -1.09. The van der Waals surface area contributed by atoms with E-state index in [0.717, 1.165) is 24.6 Å². The smallest absolute Gasteiger partial charge is 0.122 e. The van der Waals surface area contributed by atoms with Crippen LogP contribution >= 0.6 is 0 Å². The molecule has 0 spiro atoms. The second kappa shape index (κ2) is 7.49. The summed E-state index contributed by atoms with van der Waals surface area (Å²) in [7, 11) is 0. The molecule has 0 radical (unpaired) electrons. The van der Waals surface area contributed by atoms with Gasteiger partial charge in [0.1, 0.15) is 5.75 Å². The highest BCUT2D eigenvalue weighted by Crippen LogP contribution is 2.14. The van der Waals surface area contributed by atoms with E-state index in [1.54, 1.807) is 0 Å². The maximum Gasteiger partial charge on any atom is 0.122 e. The normalized spacial score (nSPS) is 13.3. The number of hydrogen-bond acceptors (Lipinski definition) is 3. The Morgan fingerprint density at radius 2 is 2.11 bits per heavy atom. The highest BCUT2D eigenvalue weighted by molar-refractivity contribution is 5.22. The maximum absolute atomic E-state index is 5.83. The Morgan fingerprint density at radius 3 is 2.74 bits per heavy atom. The quantitative estimate of drug-likeness (QED) is 0.813. The van der Waals surface area contributed by atoms with E-state index in [1.807, 2.05) is 18.3 Å². The molecule has 0 aliphatic rings. The van der Waals surface area contributed by atoms with Crippen molar-refractivity contribution in [2.75, 3.05) is 6.61 Å². The average molecular weight is 264 g/mol. The molecule has 0 amide bonds. The van der Waals surface area contributed by atoms with Gasteiger partial charge in [-0.3, -0.25) is 4.98 Å². The minimum atomic E-state index is 0.105. The van der Waals surface area contributed by atoms with Gasteiger partial charge in [-0.25, -0.2) is 0 Å². The molecule has 0 saturated carbocycles. The number of rotatable bonds is 7. The van der Waals surface area contributed by atoms with Crippen LogP contribution in [0.3, 0.4) is 0 Å². The average Bonchev–Trinajstić information content (AvgIpc) is 2.34. The second-order valence-electron chi connectivity index (χ2n) is 6.29. The van der Waals surface area contributed by atoms with Crippen molar-refractivity contribution < 1.29 is 4.74 Å². The Morgan fingerprint density at radius 1 is 1.37 bits per heavy atom. The molecule has 1 aromatic heterocycles. The molecule has 1 rings (SSSR count). The van der Waals surface area contributed by atoms with Crippen LogP contribution in [0.25, 0.3) is 0 Å². The summed E-state index contributed by atoms with van der Waals surface area (Å²) in [5, 5.41) is 3.43. The van der Waals surface area contributed by atoms with E-state index >= 15 is 0 Å². The number of pyridine rings is 1. The lowest BCUT2D eigenvalue weighted by Gasteiger charge is -2.20. The van der Waals surface area contributed by atoms with E-state index in [9.17, 15) is 0 Å². The first-order valence-electron chi connectivity index (χ1n) is 7.23. The lowest BCUT2D eigenvalue weighted by Crippen LogP contribution is -2.35. The third kappa shape index (κ3) is 7.16. The van der Waals surface area contributed by atoms with Crippen molar-refractivity contribution in [3.8, 4) is 5.75 Å². The van der Waals surface area contributed by atoms with Gasteiger partial charge in [0, 0.05) is 24.3 Å². The van der Waals surface area contributed by atoms with Crippen LogP contribution in [0, 0.1) is 5.92 Å². The molecule has 1 atom stereocenters. The minimum Gasteiger partial charge on any atom is -0.493 e. The molecule has 1 N–H and O–H groups in total. The summed E-state index contributed by atoms with van der Waals surface area (Å²) in [5.74, 6) is 1.53. The van der Waals surface area contributed by atoms with Crippen molar-refractivity contribution in [3.05, 3.63) is 24.0 Å². The van der Waals surface area contributed by atoms with Crippen molar-refractivity contribution in [3.63, 3.8) is 0 Å². The van der Waals surface area contributed by atoms with Crippen LogP contribution in [-0.4, -0.2) is 17.1 Å². The van der Waals surface area contributed by atoms with Crippen LogP contribution < -0.4 is 10.1 Å². The molecule has 1 unspecified atom stereocenters. The van der Waals surface area contributed by atoms with Gasteiger partial charge in [-0.2, -0.15) is 0 Å². The first kappa shape index (κ1) is 16.0. The number of nitrogens with one attached hydrogen (secondary N) is 1. The van der Waals surface area contributed by atoms with E-state index in [0.29, 0.717) is 5.92 Å². The summed E-state index contributed by atoms with van der Waals surface area (Å²) in [6.45, 7) is 12.4. The first-order chi connectivity index (χ1) is 8.90. The fourth-order valence-corrected chi connectivity index (χ4v) is 1.81. The highest BCUT2D eigenvalue weighted by Gasteiger charge is 2.09. The van der Waals surface area contributed by atoms with E-state index < -0.39 is 0 Å². The molecule has 108 valence electrons. The lowest BCUT2D eigenvalue weighted by molar-refractivity contribution is 0.251. The van der Waals surface area contributed by atoms with Crippen LogP contribution in [0.2, 0.25) is 0 Å². The minimum absolute atomic E-state index is 0.105. The van der Waals surface area contributed by atoms with E-state index in [1.165, 1.54) is 12.8 Å². The van der Waals surface area contributed by atoms with Crippen LogP contribution in [0.5, 0.6) is 5.75 Å². The highest BCUT2D eigenvalue weighted by atomic mass is 16.5. The predicted molar refractivity (Wildman–Crippen MR) is 80.4 cm³/mol. The number of hydrogen-bond donors (Lipinski definition) is 1. The Balaban J connectivity index is 2.48. The van der Waals surface area contributed by atoms with Gasteiger partial charge in [0.2, 0.25) is 0 Å². The molecule has 0 fully saturated rings. The molecule has 19 heavy (non-hydrogen) atoms. The van der Waals surface area contributed by atoms with Crippen molar-refractivity contribution in [1.29, 1.82) is 0 Å². The molecule has 0 aliphatic carbocycles. The largest absolute Gasteiger partial charge is 0.493 e. The summed E-state index contributed by atoms with van der Waals surface area (Å²) >= 11 is 0.